The Hall–Kier alpha value is 0.191. The largest absolute Gasteiger partial charge is 1.00 e. The summed E-state index contributed by atoms with van der Waals surface area (Å²) in [5.74, 6) is 0.263. The smallest absolute Gasteiger partial charge is 0.445 e. The number of hydrogen-bond donors (Lipinski definition) is 0. The van der Waals surface area contributed by atoms with Crippen LogP contribution in [0.15, 0.2) is 48.5 Å². The topological polar surface area (TPSA) is 0 Å². The fourth-order valence-corrected chi connectivity index (χ4v) is 0.921. The van der Waals surface area contributed by atoms with Gasteiger partial charge >= 0.3 is 58.4 Å². The van der Waals surface area contributed by atoms with E-state index in [1.54, 1.807) is 6.08 Å². The van der Waals surface area contributed by atoms with Gasteiger partial charge < -0.3 is 12.9 Å². The van der Waals surface area contributed by atoms with Gasteiger partial charge in [-0.25, -0.2) is 0 Å². The van der Waals surface area contributed by atoms with Crippen LogP contribution in [0.2, 0.25) is 0 Å². The Morgan fingerprint density at radius 1 is 0.933 bits per heavy atom. The van der Waals surface area contributed by atoms with Crippen molar-refractivity contribution in [1.29, 1.82) is 0 Å². The van der Waals surface area contributed by atoms with Crippen molar-refractivity contribution in [2.45, 2.75) is 0 Å². The maximum atomic E-state index is 11.7. The third-order valence-electron chi connectivity index (χ3n) is 1.53. The molecule has 0 saturated heterocycles. The summed E-state index contributed by atoms with van der Waals surface area (Å²) in [7, 11) is 0. The summed E-state index contributed by atoms with van der Waals surface area (Å²) < 4.78 is 35.2. The molecule has 0 amide bonds. The van der Waals surface area contributed by atoms with Gasteiger partial charge in [-0.1, -0.05) is 48.6 Å². The number of hydrogen-bond acceptors (Lipinski definition) is 0. The number of allylic oxidation sites excluding steroid dienone is 2. The molecule has 0 N–H and O–H groups in total. The van der Waals surface area contributed by atoms with Crippen LogP contribution in [0.25, 0.3) is 6.08 Å². The molecule has 0 radical (unpaired) electrons. The third-order valence-corrected chi connectivity index (χ3v) is 1.53. The predicted octanol–water partition coefficient (Wildman–Crippen LogP) is 0.647. The first-order valence-electron chi connectivity index (χ1n) is 4.19. The first kappa shape index (κ1) is 15.2. The van der Waals surface area contributed by atoms with E-state index in [-0.39, 0.29) is 57.4 Å². The van der Waals surface area contributed by atoms with E-state index in [9.17, 15) is 12.9 Å². The second kappa shape index (κ2) is 7.46. The zero-order valence-electron chi connectivity index (χ0n) is 8.41. The van der Waals surface area contributed by atoms with E-state index in [1.165, 1.54) is 6.08 Å². The molecule has 0 aliphatic rings. The molecule has 1 aromatic rings. The quantitative estimate of drug-likeness (QED) is 0.534. The van der Waals surface area contributed by atoms with Gasteiger partial charge in [-0.15, -0.1) is 5.98 Å². The minimum Gasteiger partial charge on any atom is -0.445 e. The van der Waals surface area contributed by atoms with E-state index in [0.29, 0.717) is 0 Å². The van der Waals surface area contributed by atoms with E-state index < -0.39 is 6.98 Å². The van der Waals surface area contributed by atoms with Crippen LogP contribution in [-0.2, 0) is 0 Å². The van der Waals surface area contributed by atoms with Gasteiger partial charge in [0.25, 0.3) is 0 Å². The Morgan fingerprint density at radius 3 is 2.07 bits per heavy atom. The Labute approximate surface area is 130 Å². The predicted molar refractivity (Wildman–Crippen MR) is 53.7 cm³/mol. The normalized spacial score (nSPS) is 11.9. The monoisotopic (exact) mass is 236 g/mol. The Bertz CT molecular complexity index is 330. The van der Waals surface area contributed by atoms with Gasteiger partial charge in [0.05, 0.1) is 0 Å². The van der Waals surface area contributed by atoms with Gasteiger partial charge in [0.15, 0.2) is 0 Å². The average molecular weight is 236 g/mol. The minimum absolute atomic E-state index is 0. The molecule has 15 heavy (non-hydrogen) atoms. The van der Waals surface area contributed by atoms with Crippen molar-refractivity contribution in [3.8, 4) is 0 Å². The number of halogens is 3. The summed E-state index contributed by atoms with van der Waals surface area (Å²) in [6.07, 6.45) is 4.01. The van der Waals surface area contributed by atoms with Crippen LogP contribution in [0.4, 0.5) is 12.9 Å². The maximum Gasteiger partial charge on any atom is 1.00 e. The van der Waals surface area contributed by atoms with Gasteiger partial charge in [-0.2, -0.15) is 0 Å². The van der Waals surface area contributed by atoms with Crippen LogP contribution in [0.3, 0.4) is 0 Å². The molecule has 74 valence electrons. The second-order valence-corrected chi connectivity index (χ2v) is 2.78. The zero-order chi connectivity index (χ0) is 10.4. The molecule has 1 aromatic carbocycles. The van der Waals surface area contributed by atoms with Gasteiger partial charge in [0.2, 0.25) is 0 Å². The molecular weight excluding hydrogens is 227 g/mol. The maximum absolute atomic E-state index is 11.7. The van der Waals surface area contributed by atoms with Crippen LogP contribution in [0.5, 0.6) is 0 Å². The molecule has 0 bridgehead atoms. The van der Waals surface area contributed by atoms with Crippen LogP contribution in [0.1, 0.15) is 5.56 Å². The van der Waals surface area contributed by atoms with Crippen LogP contribution >= 0.6 is 0 Å². The van der Waals surface area contributed by atoms with Gasteiger partial charge in [-0.05, 0) is 5.56 Å². The molecule has 0 aliphatic heterocycles. The molecule has 0 nitrogen and oxygen atoms in total. The van der Waals surface area contributed by atoms with Gasteiger partial charge in [-0.3, -0.25) is 0 Å². The van der Waals surface area contributed by atoms with Crippen molar-refractivity contribution in [1.82, 2.24) is 0 Å². The van der Waals surface area contributed by atoms with Crippen LogP contribution in [-0.4, -0.2) is 6.98 Å². The Kier molecular flexibility index (Phi) is 7.56. The van der Waals surface area contributed by atoms with Crippen molar-refractivity contribution in [3.63, 3.8) is 0 Å². The van der Waals surface area contributed by atoms with Crippen molar-refractivity contribution in [2.75, 3.05) is 0 Å². The fourth-order valence-electron chi connectivity index (χ4n) is 0.921. The first-order chi connectivity index (χ1) is 6.58. The van der Waals surface area contributed by atoms with Gasteiger partial charge in [0.1, 0.15) is 0 Å². The average Bonchev–Trinajstić information content (AvgIpc) is 2.13. The van der Waals surface area contributed by atoms with E-state index in [4.69, 9.17) is 0 Å². The van der Waals surface area contributed by atoms with Crippen molar-refractivity contribution < 1.29 is 64.3 Å². The molecule has 0 saturated carbocycles. The van der Waals surface area contributed by atoms with E-state index in [1.807, 2.05) is 30.3 Å². The first-order valence-corrected chi connectivity index (χ1v) is 4.19. The number of benzene rings is 1. The Morgan fingerprint density at radius 2 is 1.53 bits per heavy atom. The summed E-state index contributed by atoms with van der Waals surface area (Å²) in [6, 6.07) is 9.16. The zero-order valence-corrected chi connectivity index (χ0v) is 11.5. The second-order valence-electron chi connectivity index (χ2n) is 2.78. The van der Waals surface area contributed by atoms with Crippen LogP contribution in [0, 0.1) is 0 Å². The molecule has 0 aliphatic carbocycles. The van der Waals surface area contributed by atoms with E-state index >= 15 is 0 Å². The van der Waals surface area contributed by atoms with Crippen molar-refractivity contribution in [2.24, 2.45) is 0 Å². The molecular formula is C10H9BF3K. The molecule has 0 unspecified atom stereocenters. The Balaban J connectivity index is 0.00000196. The summed E-state index contributed by atoms with van der Waals surface area (Å²) >= 11 is 0. The molecule has 0 heterocycles. The third kappa shape index (κ3) is 8.05. The summed E-state index contributed by atoms with van der Waals surface area (Å²) in [6.45, 7) is -4.82. The van der Waals surface area contributed by atoms with Crippen molar-refractivity contribution >= 4 is 13.1 Å². The van der Waals surface area contributed by atoms with Crippen molar-refractivity contribution in [3.05, 3.63) is 54.0 Å². The molecule has 0 fully saturated rings. The summed E-state index contributed by atoms with van der Waals surface area (Å²) in [5.41, 5.74) is 0.881. The molecule has 0 spiro atoms. The SMILES string of the molecule is F[B-](F)(F)/C=C/C=C/c1ccccc1.[K+]. The van der Waals surface area contributed by atoms with E-state index in [0.717, 1.165) is 11.6 Å². The fraction of sp³-hybridized carbons (Fsp3) is 0. The standard InChI is InChI=1S/C10H9BF3.K/c12-11(13,14)9-5-4-8-10-6-2-1-3-7-10;/h1-9H;/q-1;+1/b8-4+,9-5+;. The molecule has 5 heteroatoms. The molecule has 1 rings (SSSR count). The molecule has 0 atom stereocenters. The summed E-state index contributed by atoms with van der Waals surface area (Å²) in [5, 5.41) is 0. The summed E-state index contributed by atoms with van der Waals surface area (Å²) in [4.78, 5) is 0. The minimum atomic E-state index is -4.82. The van der Waals surface area contributed by atoms with Gasteiger partial charge in [0, 0.05) is 0 Å². The van der Waals surface area contributed by atoms with Crippen LogP contribution < -0.4 is 51.4 Å². The number of rotatable bonds is 3. The molecule has 0 aromatic heterocycles. The van der Waals surface area contributed by atoms with E-state index in [2.05, 4.69) is 0 Å².